The number of carbonyl (C=O) groups is 1. The summed E-state index contributed by atoms with van der Waals surface area (Å²) in [4.78, 5) is 12.7. The van der Waals surface area contributed by atoms with E-state index in [2.05, 4.69) is 44.1 Å². The van der Waals surface area contributed by atoms with Crippen molar-refractivity contribution in [1.82, 2.24) is 20.1 Å². The van der Waals surface area contributed by atoms with Crippen molar-refractivity contribution in [2.24, 2.45) is 7.05 Å². The first-order valence-electron chi connectivity index (χ1n) is 5.17. The second-order valence-electron chi connectivity index (χ2n) is 3.70. The zero-order valence-electron chi connectivity index (χ0n) is 9.59. The van der Waals surface area contributed by atoms with Crippen molar-refractivity contribution >= 4 is 34.5 Å². The van der Waals surface area contributed by atoms with Gasteiger partial charge in [0.15, 0.2) is 5.82 Å². The lowest BCUT2D eigenvalue weighted by Crippen LogP contribution is -2.24. The van der Waals surface area contributed by atoms with Gasteiger partial charge in [0.2, 0.25) is 0 Å². The van der Waals surface area contributed by atoms with Crippen molar-refractivity contribution in [2.75, 3.05) is 0 Å². The molecule has 0 aliphatic carbocycles. The largest absolute Gasteiger partial charge is 0.345 e. The number of nitrogens with one attached hydrogen (secondary N) is 1. The van der Waals surface area contributed by atoms with Gasteiger partial charge < -0.3 is 9.88 Å². The number of hydrogen-bond acceptors (Lipinski definition) is 4. The number of amides is 1. The zero-order chi connectivity index (χ0) is 13.1. The molecular formula is C11H11BrN4OS. The molecule has 2 aromatic rings. The van der Waals surface area contributed by atoms with E-state index in [0.29, 0.717) is 17.9 Å². The topological polar surface area (TPSA) is 59.8 Å². The second-order valence-corrected chi connectivity index (χ2v) is 5.08. The third-order valence-electron chi connectivity index (χ3n) is 2.41. The molecule has 0 radical (unpaired) electrons. The van der Waals surface area contributed by atoms with Crippen LogP contribution in [0.4, 0.5) is 0 Å². The van der Waals surface area contributed by atoms with E-state index in [4.69, 9.17) is 0 Å². The number of aromatic nitrogens is 3. The SMILES string of the molecule is Cn1cnnc1CNC(=O)c1cc(S)ccc1Br. The predicted molar refractivity (Wildman–Crippen MR) is 73.6 cm³/mol. The average molecular weight is 327 g/mol. The number of halogens is 1. The molecule has 0 fully saturated rings. The minimum absolute atomic E-state index is 0.180. The van der Waals surface area contributed by atoms with Crippen molar-refractivity contribution in [1.29, 1.82) is 0 Å². The van der Waals surface area contributed by atoms with E-state index in [1.165, 1.54) is 0 Å². The molecule has 1 aromatic heterocycles. The van der Waals surface area contributed by atoms with E-state index in [1.807, 2.05) is 13.1 Å². The van der Waals surface area contributed by atoms with Crippen molar-refractivity contribution in [3.63, 3.8) is 0 Å². The molecule has 0 saturated heterocycles. The molecule has 0 bridgehead atoms. The minimum atomic E-state index is -0.180. The van der Waals surface area contributed by atoms with E-state index in [0.717, 1.165) is 9.37 Å². The summed E-state index contributed by atoms with van der Waals surface area (Å²) in [5.74, 6) is 0.516. The summed E-state index contributed by atoms with van der Waals surface area (Å²) in [5, 5.41) is 10.4. The van der Waals surface area contributed by atoms with Crippen LogP contribution >= 0.6 is 28.6 Å². The Morgan fingerprint density at radius 3 is 3.00 bits per heavy atom. The van der Waals surface area contributed by atoms with Crippen molar-refractivity contribution in [3.05, 3.63) is 40.4 Å². The molecule has 1 N–H and O–H groups in total. The molecule has 1 heterocycles. The molecule has 7 heteroatoms. The van der Waals surface area contributed by atoms with E-state index >= 15 is 0 Å². The number of aryl methyl sites for hydroxylation is 1. The summed E-state index contributed by atoms with van der Waals surface area (Å²) in [5.41, 5.74) is 0.546. The molecule has 0 atom stereocenters. The van der Waals surface area contributed by atoms with Gasteiger partial charge >= 0.3 is 0 Å². The predicted octanol–water partition coefficient (Wildman–Crippen LogP) is 1.80. The van der Waals surface area contributed by atoms with E-state index in [9.17, 15) is 4.79 Å². The number of hydrogen-bond donors (Lipinski definition) is 2. The number of rotatable bonds is 3. The Hall–Kier alpha value is -1.34. The maximum atomic E-state index is 12.0. The highest BCUT2D eigenvalue weighted by atomic mass is 79.9. The smallest absolute Gasteiger partial charge is 0.252 e. The van der Waals surface area contributed by atoms with Crippen LogP contribution in [0.3, 0.4) is 0 Å². The van der Waals surface area contributed by atoms with Gasteiger partial charge in [-0.05, 0) is 34.1 Å². The van der Waals surface area contributed by atoms with E-state index < -0.39 is 0 Å². The van der Waals surface area contributed by atoms with Gasteiger partial charge in [0.05, 0.1) is 12.1 Å². The molecular weight excluding hydrogens is 316 g/mol. The van der Waals surface area contributed by atoms with Gasteiger partial charge in [-0.15, -0.1) is 22.8 Å². The van der Waals surface area contributed by atoms with Gasteiger partial charge in [0.25, 0.3) is 5.91 Å². The first kappa shape index (κ1) is 13.1. The Bertz CT molecular complexity index is 584. The van der Waals surface area contributed by atoms with E-state index in [-0.39, 0.29) is 5.91 Å². The number of thiol groups is 1. The monoisotopic (exact) mass is 326 g/mol. The van der Waals surface area contributed by atoms with Crippen molar-refractivity contribution in [2.45, 2.75) is 11.4 Å². The lowest BCUT2D eigenvalue weighted by atomic mass is 10.2. The van der Waals surface area contributed by atoms with Crippen molar-refractivity contribution < 1.29 is 4.79 Å². The van der Waals surface area contributed by atoms with E-state index in [1.54, 1.807) is 23.0 Å². The quantitative estimate of drug-likeness (QED) is 0.845. The molecule has 94 valence electrons. The van der Waals surface area contributed by atoms with Gasteiger partial charge in [-0.2, -0.15) is 0 Å². The number of benzene rings is 1. The van der Waals surface area contributed by atoms with Crippen LogP contribution in [0.1, 0.15) is 16.2 Å². The van der Waals surface area contributed by atoms with Crippen LogP contribution < -0.4 is 5.32 Å². The molecule has 5 nitrogen and oxygen atoms in total. The summed E-state index contributed by atoms with van der Waals surface area (Å²) in [6.45, 7) is 0.332. The Kier molecular flexibility index (Phi) is 4.03. The summed E-state index contributed by atoms with van der Waals surface area (Å²) < 4.78 is 2.49. The molecule has 1 amide bonds. The van der Waals surface area contributed by atoms with Crippen LogP contribution in [-0.2, 0) is 13.6 Å². The van der Waals surface area contributed by atoms with Crippen LogP contribution in [-0.4, -0.2) is 20.7 Å². The summed E-state index contributed by atoms with van der Waals surface area (Å²) in [6, 6.07) is 5.31. The van der Waals surface area contributed by atoms with Gasteiger partial charge in [0, 0.05) is 16.4 Å². The Morgan fingerprint density at radius 2 is 2.33 bits per heavy atom. The summed E-state index contributed by atoms with van der Waals surface area (Å²) in [7, 11) is 1.83. The molecule has 1 aromatic carbocycles. The average Bonchev–Trinajstić information content (AvgIpc) is 2.75. The summed E-state index contributed by atoms with van der Waals surface area (Å²) >= 11 is 7.55. The van der Waals surface area contributed by atoms with Crippen LogP contribution in [0.5, 0.6) is 0 Å². The lowest BCUT2D eigenvalue weighted by Gasteiger charge is -2.07. The van der Waals surface area contributed by atoms with Crippen LogP contribution in [0.25, 0.3) is 0 Å². The highest BCUT2D eigenvalue weighted by molar-refractivity contribution is 9.10. The van der Waals surface area contributed by atoms with Gasteiger partial charge in [-0.25, -0.2) is 0 Å². The van der Waals surface area contributed by atoms with Gasteiger partial charge in [0.1, 0.15) is 6.33 Å². The molecule has 0 aliphatic heterocycles. The fourth-order valence-electron chi connectivity index (χ4n) is 1.41. The Balaban J connectivity index is 2.08. The van der Waals surface area contributed by atoms with Crippen LogP contribution in [0.2, 0.25) is 0 Å². The molecule has 0 unspecified atom stereocenters. The zero-order valence-corrected chi connectivity index (χ0v) is 12.1. The second kappa shape index (κ2) is 5.53. The van der Waals surface area contributed by atoms with Gasteiger partial charge in [-0.3, -0.25) is 4.79 Å². The molecule has 18 heavy (non-hydrogen) atoms. The highest BCUT2D eigenvalue weighted by Gasteiger charge is 2.11. The standard InChI is InChI=1S/C11H11BrN4OS/c1-16-6-14-15-10(16)5-13-11(17)8-4-7(18)2-3-9(8)12/h2-4,6,18H,5H2,1H3,(H,13,17). The first-order chi connectivity index (χ1) is 8.58. The molecule has 0 saturated carbocycles. The fourth-order valence-corrected chi connectivity index (χ4v) is 2.04. The molecule has 2 rings (SSSR count). The Morgan fingerprint density at radius 1 is 1.56 bits per heavy atom. The number of nitrogens with zero attached hydrogens (tertiary/aromatic N) is 3. The molecule has 0 aliphatic rings. The molecule has 0 spiro atoms. The maximum absolute atomic E-state index is 12.0. The minimum Gasteiger partial charge on any atom is -0.345 e. The maximum Gasteiger partial charge on any atom is 0.252 e. The van der Waals surface area contributed by atoms with Crippen molar-refractivity contribution in [3.8, 4) is 0 Å². The number of carbonyl (C=O) groups excluding carboxylic acids is 1. The fraction of sp³-hybridized carbons (Fsp3) is 0.182. The third-order valence-corrected chi connectivity index (χ3v) is 3.38. The normalized spacial score (nSPS) is 10.4. The highest BCUT2D eigenvalue weighted by Crippen LogP contribution is 2.20. The third kappa shape index (κ3) is 2.91. The van der Waals surface area contributed by atoms with Crippen LogP contribution in [0.15, 0.2) is 33.9 Å². The van der Waals surface area contributed by atoms with Crippen LogP contribution in [0, 0.1) is 0 Å². The first-order valence-corrected chi connectivity index (χ1v) is 6.41. The Labute approximate surface area is 118 Å². The lowest BCUT2D eigenvalue weighted by molar-refractivity contribution is 0.0948. The van der Waals surface area contributed by atoms with Gasteiger partial charge in [-0.1, -0.05) is 0 Å². The summed E-state index contributed by atoms with van der Waals surface area (Å²) in [6.07, 6.45) is 1.59.